The van der Waals surface area contributed by atoms with Crippen LogP contribution in [0.15, 0.2) is 18.2 Å². The average molecular weight is 409 g/mol. The fourth-order valence-electron chi connectivity index (χ4n) is 1.53. The first kappa shape index (κ1) is 12.5. The van der Waals surface area contributed by atoms with Crippen LogP contribution in [0.4, 0.5) is 0 Å². The van der Waals surface area contributed by atoms with E-state index in [4.69, 9.17) is 0 Å². The Kier molecular flexibility index (Phi) is 4.33. The molecular formula is C11H9Br3N2. The first-order valence-electron chi connectivity index (χ1n) is 4.75. The first-order valence-corrected chi connectivity index (χ1v) is 8.12. The van der Waals surface area contributed by atoms with Crippen molar-refractivity contribution in [3.8, 4) is 0 Å². The van der Waals surface area contributed by atoms with E-state index >= 15 is 0 Å². The van der Waals surface area contributed by atoms with Gasteiger partial charge in [0.25, 0.3) is 0 Å². The normalized spacial score (nSPS) is 10.9. The molecule has 0 radical (unpaired) electrons. The van der Waals surface area contributed by atoms with Crippen molar-refractivity contribution in [3.63, 3.8) is 0 Å². The van der Waals surface area contributed by atoms with Crippen LogP contribution in [0.2, 0.25) is 0 Å². The zero-order valence-corrected chi connectivity index (χ0v) is 13.1. The Hall–Kier alpha value is -0.0000000000000000555. The Bertz CT molecular complexity index is 514. The minimum atomic E-state index is 0.730. The summed E-state index contributed by atoms with van der Waals surface area (Å²) in [5.41, 5.74) is 5.11. The van der Waals surface area contributed by atoms with Crippen molar-refractivity contribution < 1.29 is 0 Å². The molecule has 2 rings (SSSR count). The van der Waals surface area contributed by atoms with Gasteiger partial charge < -0.3 is 0 Å². The molecule has 0 bridgehead atoms. The lowest BCUT2D eigenvalue weighted by Gasteiger charge is -2.07. The Morgan fingerprint density at radius 3 is 2.19 bits per heavy atom. The molecule has 0 amide bonds. The van der Waals surface area contributed by atoms with Crippen LogP contribution in [0.5, 0.6) is 0 Å². The quantitative estimate of drug-likeness (QED) is 0.707. The predicted octanol–water partition coefficient (Wildman–Crippen LogP) is 4.31. The largest absolute Gasteiger partial charge is 0.248 e. The van der Waals surface area contributed by atoms with E-state index in [1.54, 1.807) is 0 Å². The number of rotatable bonds is 3. The molecule has 0 aliphatic carbocycles. The topological polar surface area (TPSA) is 25.8 Å². The van der Waals surface area contributed by atoms with Crippen molar-refractivity contribution in [2.24, 2.45) is 0 Å². The van der Waals surface area contributed by atoms with Gasteiger partial charge >= 0.3 is 0 Å². The number of hydrogen-bond donors (Lipinski definition) is 0. The Labute approximate surface area is 119 Å². The molecule has 2 nitrogen and oxygen atoms in total. The highest BCUT2D eigenvalue weighted by molar-refractivity contribution is 9.09. The predicted molar refractivity (Wildman–Crippen MR) is 77.4 cm³/mol. The standard InChI is InChI=1S/C11H9Br3N2/c12-4-7-2-1-3-8-11(7)16-10(6-14)9(5-13)15-8/h1-3H,4-6H2. The number of fused-ring (bicyclic) bond motifs is 1. The van der Waals surface area contributed by atoms with Crippen LogP contribution in [0.1, 0.15) is 17.0 Å². The molecule has 0 fully saturated rings. The molecule has 0 atom stereocenters. The number of para-hydroxylation sites is 1. The molecule has 0 N–H and O–H groups in total. The van der Waals surface area contributed by atoms with Gasteiger partial charge in [-0.05, 0) is 11.6 Å². The molecule has 0 aliphatic rings. The number of aromatic nitrogens is 2. The van der Waals surface area contributed by atoms with Crippen molar-refractivity contribution in [1.29, 1.82) is 0 Å². The van der Waals surface area contributed by atoms with Crippen LogP contribution >= 0.6 is 47.8 Å². The lowest BCUT2D eigenvalue weighted by atomic mass is 10.2. The number of nitrogens with zero attached hydrogens (tertiary/aromatic N) is 2. The van der Waals surface area contributed by atoms with Crippen molar-refractivity contribution in [2.75, 3.05) is 0 Å². The second-order valence-corrected chi connectivity index (χ2v) is 4.98. The maximum absolute atomic E-state index is 4.67. The summed E-state index contributed by atoms with van der Waals surface area (Å²) < 4.78 is 0. The van der Waals surface area contributed by atoms with Gasteiger partial charge in [-0.1, -0.05) is 59.9 Å². The van der Waals surface area contributed by atoms with E-state index in [1.807, 2.05) is 12.1 Å². The van der Waals surface area contributed by atoms with Crippen LogP contribution in [-0.2, 0) is 16.0 Å². The van der Waals surface area contributed by atoms with Gasteiger partial charge in [0.2, 0.25) is 0 Å². The summed E-state index contributed by atoms with van der Waals surface area (Å²) >= 11 is 10.4. The molecular weight excluding hydrogens is 400 g/mol. The summed E-state index contributed by atoms with van der Waals surface area (Å²) in [6, 6.07) is 6.08. The third-order valence-electron chi connectivity index (χ3n) is 2.33. The minimum absolute atomic E-state index is 0.730. The van der Waals surface area contributed by atoms with Crippen molar-refractivity contribution in [1.82, 2.24) is 9.97 Å². The lowest BCUT2D eigenvalue weighted by Crippen LogP contribution is -2.00. The summed E-state index contributed by atoms with van der Waals surface area (Å²) in [6.07, 6.45) is 0. The van der Waals surface area contributed by atoms with Gasteiger partial charge in [0.15, 0.2) is 0 Å². The zero-order chi connectivity index (χ0) is 11.5. The fourth-order valence-corrected chi connectivity index (χ4v) is 2.88. The molecule has 0 spiro atoms. The lowest BCUT2D eigenvalue weighted by molar-refractivity contribution is 1.08. The first-order chi connectivity index (χ1) is 7.80. The van der Waals surface area contributed by atoms with Gasteiger partial charge in [-0.25, -0.2) is 9.97 Å². The molecule has 1 heterocycles. The Morgan fingerprint density at radius 1 is 0.875 bits per heavy atom. The fraction of sp³-hybridized carbons (Fsp3) is 0.273. The summed E-state index contributed by atoms with van der Waals surface area (Å²) in [5.74, 6) is 0. The monoisotopic (exact) mass is 406 g/mol. The van der Waals surface area contributed by atoms with Gasteiger partial charge in [0.05, 0.1) is 22.4 Å². The highest BCUT2D eigenvalue weighted by atomic mass is 79.9. The Morgan fingerprint density at radius 2 is 1.56 bits per heavy atom. The number of halogens is 3. The van der Waals surface area contributed by atoms with Crippen LogP contribution in [-0.4, -0.2) is 9.97 Å². The second-order valence-electron chi connectivity index (χ2n) is 3.30. The summed E-state index contributed by atoms with van der Waals surface area (Å²) in [4.78, 5) is 9.28. The summed E-state index contributed by atoms with van der Waals surface area (Å²) in [7, 11) is 0. The highest BCUT2D eigenvalue weighted by Gasteiger charge is 2.09. The van der Waals surface area contributed by atoms with Crippen molar-refractivity contribution >= 4 is 58.8 Å². The molecule has 84 valence electrons. The van der Waals surface area contributed by atoms with E-state index in [0.717, 1.165) is 38.4 Å². The number of benzene rings is 1. The van der Waals surface area contributed by atoms with Gasteiger partial charge in [0, 0.05) is 16.0 Å². The van der Waals surface area contributed by atoms with Gasteiger partial charge in [-0.15, -0.1) is 0 Å². The molecule has 0 saturated carbocycles. The average Bonchev–Trinajstić information content (AvgIpc) is 2.36. The smallest absolute Gasteiger partial charge is 0.0931 e. The van der Waals surface area contributed by atoms with Gasteiger partial charge in [-0.3, -0.25) is 0 Å². The van der Waals surface area contributed by atoms with Gasteiger partial charge in [-0.2, -0.15) is 0 Å². The highest BCUT2D eigenvalue weighted by Crippen LogP contribution is 2.21. The van der Waals surface area contributed by atoms with Crippen molar-refractivity contribution in [2.45, 2.75) is 16.0 Å². The minimum Gasteiger partial charge on any atom is -0.248 e. The molecule has 5 heteroatoms. The summed E-state index contributed by atoms with van der Waals surface area (Å²) in [6.45, 7) is 0. The third kappa shape index (κ3) is 2.31. The second kappa shape index (κ2) is 5.56. The van der Waals surface area contributed by atoms with Crippen LogP contribution in [0.3, 0.4) is 0 Å². The number of hydrogen-bond acceptors (Lipinski definition) is 2. The molecule has 0 saturated heterocycles. The molecule has 0 aliphatic heterocycles. The van der Waals surface area contributed by atoms with E-state index in [0.29, 0.717) is 0 Å². The molecule has 0 unspecified atom stereocenters. The van der Waals surface area contributed by atoms with E-state index in [9.17, 15) is 0 Å². The summed E-state index contributed by atoms with van der Waals surface area (Å²) in [5, 5.41) is 2.26. The maximum Gasteiger partial charge on any atom is 0.0931 e. The van der Waals surface area contributed by atoms with Crippen molar-refractivity contribution in [3.05, 3.63) is 35.2 Å². The number of alkyl halides is 3. The van der Waals surface area contributed by atoms with Crippen LogP contribution in [0, 0.1) is 0 Å². The van der Waals surface area contributed by atoms with Crippen LogP contribution in [0.25, 0.3) is 11.0 Å². The molecule has 16 heavy (non-hydrogen) atoms. The van der Waals surface area contributed by atoms with E-state index in [-0.39, 0.29) is 0 Å². The van der Waals surface area contributed by atoms with Crippen LogP contribution < -0.4 is 0 Å². The zero-order valence-electron chi connectivity index (χ0n) is 8.38. The molecule has 2 aromatic rings. The van der Waals surface area contributed by atoms with E-state index in [1.165, 1.54) is 5.56 Å². The van der Waals surface area contributed by atoms with Gasteiger partial charge in [0.1, 0.15) is 0 Å². The third-order valence-corrected chi connectivity index (χ3v) is 4.00. The molecule has 1 aromatic heterocycles. The maximum atomic E-state index is 4.67. The van der Waals surface area contributed by atoms with E-state index in [2.05, 4.69) is 63.8 Å². The Balaban J connectivity index is 2.72. The molecule has 1 aromatic carbocycles. The SMILES string of the molecule is BrCc1nc2cccc(CBr)c2nc1CBr. The van der Waals surface area contributed by atoms with E-state index < -0.39 is 0 Å².